The minimum atomic E-state index is -1.50. The van der Waals surface area contributed by atoms with Gasteiger partial charge in [-0.25, -0.2) is 4.79 Å². The standard InChI is InChI=1S/C17H23N3O7/c1-2-6-12(22)19-13-15(24)14(23)11(9-21)26-16(13)20-27-17(25)18-10-7-4-3-5-8-10/h3-5,7-8,11,13-15,21,23-24H,2,6,9H2,1H3,(H,18,25)(H,19,22)/b20-16-/t11?,13-,14?,15+/m0/s1. The molecule has 10 nitrogen and oxygen atoms in total. The molecule has 0 saturated carbocycles. The fraction of sp³-hybridized carbons (Fsp3) is 0.471. The van der Waals surface area contributed by atoms with E-state index in [-0.39, 0.29) is 12.3 Å². The molecule has 1 aliphatic heterocycles. The van der Waals surface area contributed by atoms with Crippen molar-refractivity contribution in [1.82, 2.24) is 5.32 Å². The van der Waals surface area contributed by atoms with Crippen molar-refractivity contribution in [3.05, 3.63) is 30.3 Å². The second kappa shape index (κ2) is 9.86. The molecule has 148 valence electrons. The molecule has 1 aliphatic rings. The fourth-order valence-electron chi connectivity index (χ4n) is 2.45. The summed E-state index contributed by atoms with van der Waals surface area (Å²) < 4.78 is 5.28. The van der Waals surface area contributed by atoms with Gasteiger partial charge in [0.2, 0.25) is 5.91 Å². The monoisotopic (exact) mass is 381 g/mol. The normalized spacial score (nSPS) is 26.1. The zero-order chi connectivity index (χ0) is 19.8. The lowest BCUT2D eigenvalue weighted by molar-refractivity contribution is -0.127. The zero-order valence-electron chi connectivity index (χ0n) is 14.7. The Balaban J connectivity index is 2.10. The van der Waals surface area contributed by atoms with Gasteiger partial charge in [0.25, 0.3) is 5.90 Å². The van der Waals surface area contributed by atoms with Crippen molar-refractivity contribution in [1.29, 1.82) is 0 Å². The number of carbonyl (C=O) groups is 2. The van der Waals surface area contributed by atoms with Gasteiger partial charge < -0.3 is 25.4 Å². The van der Waals surface area contributed by atoms with Gasteiger partial charge in [0.15, 0.2) is 6.10 Å². The minimum absolute atomic E-state index is 0.186. The number of anilines is 1. The summed E-state index contributed by atoms with van der Waals surface area (Å²) in [5.41, 5.74) is 0.476. The highest BCUT2D eigenvalue weighted by atomic mass is 16.7. The van der Waals surface area contributed by atoms with Gasteiger partial charge in [-0.2, -0.15) is 0 Å². The number of rotatable bonds is 6. The average molecular weight is 381 g/mol. The van der Waals surface area contributed by atoms with Gasteiger partial charge >= 0.3 is 6.09 Å². The number of nitrogens with zero attached hydrogens (tertiary/aromatic N) is 1. The molecule has 1 heterocycles. The lowest BCUT2D eigenvalue weighted by atomic mass is 9.97. The summed E-state index contributed by atoms with van der Waals surface area (Å²) in [6, 6.07) is 7.26. The van der Waals surface area contributed by atoms with Crippen LogP contribution < -0.4 is 10.6 Å². The first kappa shape index (κ1) is 20.6. The van der Waals surface area contributed by atoms with Crippen molar-refractivity contribution in [3.8, 4) is 0 Å². The van der Waals surface area contributed by atoms with Crippen molar-refractivity contribution >= 4 is 23.6 Å². The van der Waals surface area contributed by atoms with E-state index in [1.165, 1.54) is 0 Å². The number of ether oxygens (including phenoxy) is 1. The van der Waals surface area contributed by atoms with Crippen molar-refractivity contribution < 1.29 is 34.5 Å². The maximum atomic E-state index is 11.9. The molecule has 1 aromatic carbocycles. The summed E-state index contributed by atoms with van der Waals surface area (Å²) in [7, 11) is 0. The molecule has 5 N–H and O–H groups in total. The van der Waals surface area contributed by atoms with Crippen LogP contribution in [0.5, 0.6) is 0 Å². The number of aliphatic hydroxyl groups excluding tert-OH is 3. The third-order valence-corrected chi connectivity index (χ3v) is 3.82. The SMILES string of the molecule is CCCC(=O)N[C@@H]1/C(=N/OC(=O)Nc2ccccc2)OC(CO)C(O)[C@@H]1O. The molecule has 1 aromatic rings. The Kier molecular flexibility index (Phi) is 7.53. The van der Waals surface area contributed by atoms with Crippen LogP contribution in [0.2, 0.25) is 0 Å². The first-order valence-corrected chi connectivity index (χ1v) is 8.50. The molecule has 10 heteroatoms. The first-order valence-electron chi connectivity index (χ1n) is 8.50. The predicted octanol–water partition coefficient (Wildman–Crippen LogP) is -0.0536. The van der Waals surface area contributed by atoms with E-state index in [4.69, 9.17) is 9.57 Å². The van der Waals surface area contributed by atoms with E-state index in [0.29, 0.717) is 12.1 Å². The molecule has 2 amide bonds. The Hall–Kier alpha value is -2.69. The lowest BCUT2D eigenvalue weighted by Gasteiger charge is -2.37. The maximum absolute atomic E-state index is 11.9. The van der Waals surface area contributed by atoms with Crippen molar-refractivity contribution in [2.24, 2.45) is 5.16 Å². The van der Waals surface area contributed by atoms with E-state index in [1.54, 1.807) is 37.3 Å². The number of oxime groups is 1. The largest absolute Gasteiger partial charge is 0.468 e. The summed E-state index contributed by atoms with van der Waals surface area (Å²) >= 11 is 0. The number of para-hydroxylation sites is 1. The predicted molar refractivity (Wildman–Crippen MR) is 94.8 cm³/mol. The van der Waals surface area contributed by atoms with E-state index in [1.807, 2.05) is 0 Å². The molecule has 1 saturated heterocycles. The van der Waals surface area contributed by atoms with Crippen LogP contribution in [0.4, 0.5) is 10.5 Å². The lowest BCUT2D eigenvalue weighted by Crippen LogP contribution is -2.62. The molecule has 2 rings (SSSR count). The number of amides is 2. The Labute approximate surface area is 155 Å². The van der Waals surface area contributed by atoms with Crippen LogP contribution in [-0.2, 0) is 14.4 Å². The number of benzene rings is 1. The third-order valence-electron chi connectivity index (χ3n) is 3.82. The van der Waals surface area contributed by atoms with E-state index in [2.05, 4.69) is 15.8 Å². The second-order valence-corrected chi connectivity index (χ2v) is 5.91. The molecule has 2 unspecified atom stereocenters. The molecule has 4 atom stereocenters. The number of hydrogen-bond acceptors (Lipinski definition) is 8. The Morgan fingerprint density at radius 2 is 1.93 bits per heavy atom. The van der Waals surface area contributed by atoms with Crippen LogP contribution in [-0.4, -0.2) is 64.2 Å². The molecular formula is C17H23N3O7. The smallest absolute Gasteiger partial charge is 0.437 e. The number of nitrogens with one attached hydrogen (secondary N) is 2. The van der Waals surface area contributed by atoms with E-state index in [0.717, 1.165) is 0 Å². The van der Waals surface area contributed by atoms with Crippen LogP contribution in [0, 0.1) is 0 Å². The molecule has 0 radical (unpaired) electrons. The summed E-state index contributed by atoms with van der Waals surface area (Å²) in [6.45, 7) is 1.19. The third kappa shape index (κ3) is 5.64. The zero-order valence-corrected chi connectivity index (χ0v) is 14.7. The average Bonchev–Trinajstić information content (AvgIpc) is 2.66. The van der Waals surface area contributed by atoms with Crippen molar-refractivity contribution in [2.45, 2.75) is 44.1 Å². The van der Waals surface area contributed by atoms with Crippen LogP contribution in [0.15, 0.2) is 35.5 Å². The maximum Gasteiger partial charge on any atom is 0.437 e. The van der Waals surface area contributed by atoms with Crippen LogP contribution in [0.1, 0.15) is 19.8 Å². The highest BCUT2D eigenvalue weighted by Gasteiger charge is 2.44. The minimum Gasteiger partial charge on any atom is -0.468 e. The quantitative estimate of drug-likeness (QED) is 0.342. The summed E-state index contributed by atoms with van der Waals surface area (Å²) in [4.78, 5) is 28.4. The van der Waals surface area contributed by atoms with Crippen LogP contribution >= 0.6 is 0 Å². The highest BCUT2D eigenvalue weighted by Crippen LogP contribution is 2.18. The molecule has 0 aromatic heterocycles. The molecule has 27 heavy (non-hydrogen) atoms. The van der Waals surface area contributed by atoms with Gasteiger partial charge in [0.05, 0.1) is 6.61 Å². The van der Waals surface area contributed by atoms with E-state index < -0.39 is 43.0 Å². The van der Waals surface area contributed by atoms with E-state index >= 15 is 0 Å². The molecule has 1 fully saturated rings. The highest BCUT2D eigenvalue weighted by molar-refractivity contribution is 5.90. The van der Waals surface area contributed by atoms with Gasteiger partial charge in [-0.3, -0.25) is 14.9 Å². The van der Waals surface area contributed by atoms with Gasteiger partial charge in [-0.15, -0.1) is 0 Å². The molecular weight excluding hydrogens is 358 g/mol. The Bertz CT molecular complexity index is 668. The topological polar surface area (TPSA) is 150 Å². The second-order valence-electron chi connectivity index (χ2n) is 5.91. The van der Waals surface area contributed by atoms with Crippen molar-refractivity contribution in [3.63, 3.8) is 0 Å². The summed E-state index contributed by atoms with van der Waals surface area (Å²) in [5.74, 6) is -0.735. The Morgan fingerprint density at radius 3 is 2.56 bits per heavy atom. The van der Waals surface area contributed by atoms with Gasteiger partial charge in [0.1, 0.15) is 18.2 Å². The molecule has 0 bridgehead atoms. The van der Waals surface area contributed by atoms with Crippen LogP contribution in [0.25, 0.3) is 0 Å². The van der Waals surface area contributed by atoms with Gasteiger partial charge in [-0.05, 0) is 23.7 Å². The first-order chi connectivity index (χ1) is 13.0. The number of hydrogen-bond donors (Lipinski definition) is 5. The van der Waals surface area contributed by atoms with Gasteiger partial charge in [0, 0.05) is 12.1 Å². The summed E-state index contributed by atoms with van der Waals surface area (Å²) in [5, 5.41) is 37.9. The number of carbonyl (C=O) groups excluding carboxylic acids is 2. The molecule has 0 aliphatic carbocycles. The summed E-state index contributed by atoms with van der Waals surface area (Å²) in [6.07, 6.45) is -4.31. The van der Waals surface area contributed by atoms with Crippen molar-refractivity contribution in [2.75, 3.05) is 11.9 Å². The van der Waals surface area contributed by atoms with E-state index in [9.17, 15) is 24.9 Å². The Morgan fingerprint density at radius 1 is 1.22 bits per heavy atom. The molecule has 0 spiro atoms. The fourth-order valence-corrected chi connectivity index (χ4v) is 2.45. The number of aliphatic hydroxyl groups is 3. The van der Waals surface area contributed by atoms with Gasteiger partial charge in [-0.1, -0.05) is 25.1 Å². The van der Waals surface area contributed by atoms with Crippen LogP contribution in [0.3, 0.4) is 0 Å².